The van der Waals surface area contributed by atoms with E-state index < -0.39 is 0 Å². The number of carbonyl (C=O) groups is 2. The Balaban J connectivity index is 1.44. The molecule has 2 aromatic carbocycles. The van der Waals surface area contributed by atoms with Crippen molar-refractivity contribution in [2.75, 3.05) is 18.4 Å². The first-order valence-electron chi connectivity index (χ1n) is 10.1. The zero-order chi connectivity index (χ0) is 21.2. The number of rotatable bonds is 4. The number of hydrogen-bond acceptors (Lipinski definition) is 5. The van der Waals surface area contributed by atoms with Crippen molar-refractivity contribution in [2.24, 2.45) is 0 Å². The van der Waals surface area contributed by atoms with Gasteiger partial charge in [0, 0.05) is 47.2 Å². The van der Waals surface area contributed by atoms with Crippen LogP contribution in [0.3, 0.4) is 0 Å². The molecule has 1 fully saturated rings. The summed E-state index contributed by atoms with van der Waals surface area (Å²) in [4.78, 5) is 36.7. The van der Waals surface area contributed by atoms with Gasteiger partial charge in [-0.15, -0.1) is 11.3 Å². The van der Waals surface area contributed by atoms with E-state index in [0.717, 1.165) is 23.0 Å². The fourth-order valence-corrected chi connectivity index (χ4v) is 4.52. The van der Waals surface area contributed by atoms with Crippen LogP contribution in [0.4, 0.5) is 5.13 Å². The molecule has 1 saturated heterocycles. The minimum atomic E-state index is -0.204. The van der Waals surface area contributed by atoms with Crippen molar-refractivity contribution in [3.8, 4) is 0 Å². The molecule has 4 aromatic rings. The maximum Gasteiger partial charge on any atom is 0.258 e. The van der Waals surface area contributed by atoms with Crippen LogP contribution in [0.1, 0.15) is 38.7 Å². The number of amides is 2. The zero-order valence-corrected chi connectivity index (χ0v) is 17.5. The molecule has 1 aliphatic heterocycles. The summed E-state index contributed by atoms with van der Waals surface area (Å²) in [7, 11) is 0. The minimum Gasteiger partial charge on any atom is -0.338 e. The number of thiazole rings is 1. The molecule has 1 aliphatic rings. The summed E-state index contributed by atoms with van der Waals surface area (Å²) in [6.07, 6.45) is 2.48. The third kappa shape index (κ3) is 3.92. The fourth-order valence-electron chi connectivity index (χ4n) is 3.99. The Morgan fingerprint density at radius 1 is 1.06 bits per heavy atom. The van der Waals surface area contributed by atoms with Crippen LogP contribution in [0.25, 0.3) is 10.9 Å². The number of nitrogens with zero attached hydrogens (tertiary/aromatic N) is 3. The molecular formula is C24H20N4O2S. The lowest BCUT2D eigenvalue weighted by atomic mass is 9.99. The van der Waals surface area contributed by atoms with E-state index in [1.807, 2.05) is 70.9 Å². The number of carbonyl (C=O) groups excluding carboxylic acids is 2. The lowest BCUT2D eigenvalue weighted by Crippen LogP contribution is -2.28. The summed E-state index contributed by atoms with van der Waals surface area (Å²) in [5, 5.41) is 6.06. The number of anilines is 1. The Kier molecular flexibility index (Phi) is 5.18. The molecule has 0 bridgehead atoms. The predicted molar refractivity (Wildman–Crippen MR) is 122 cm³/mol. The highest BCUT2D eigenvalue weighted by Crippen LogP contribution is 2.30. The third-order valence-electron chi connectivity index (χ3n) is 5.55. The average Bonchev–Trinajstić information content (AvgIpc) is 3.51. The fraction of sp³-hybridized carbons (Fsp3) is 0.167. The van der Waals surface area contributed by atoms with Crippen molar-refractivity contribution in [1.29, 1.82) is 0 Å². The van der Waals surface area contributed by atoms with Crippen molar-refractivity contribution < 1.29 is 9.59 Å². The number of fused-ring (bicyclic) bond motifs is 1. The smallest absolute Gasteiger partial charge is 0.258 e. The van der Waals surface area contributed by atoms with E-state index >= 15 is 0 Å². The molecule has 5 rings (SSSR count). The summed E-state index contributed by atoms with van der Waals surface area (Å²) in [5.41, 5.74) is 2.88. The Morgan fingerprint density at radius 2 is 1.87 bits per heavy atom. The molecule has 1 atom stereocenters. The Morgan fingerprint density at radius 3 is 2.68 bits per heavy atom. The van der Waals surface area contributed by atoms with Crippen LogP contribution < -0.4 is 5.32 Å². The second-order valence-corrected chi connectivity index (χ2v) is 8.40. The quantitative estimate of drug-likeness (QED) is 0.517. The first-order valence-corrected chi connectivity index (χ1v) is 11.0. The van der Waals surface area contributed by atoms with Crippen molar-refractivity contribution >= 4 is 39.2 Å². The van der Waals surface area contributed by atoms with Gasteiger partial charge in [0.25, 0.3) is 11.8 Å². The Bertz CT molecular complexity index is 1240. The van der Waals surface area contributed by atoms with E-state index in [0.29, 0.717) is 29.3 Å². The van der Waals surface area contributed by atoms with Crippen molar-refractivity contribution in [3.63, 3.8) is 0 Å². The van der Waals surface area contributed by atoms with Crippen molar-refractivity contribution in [3.05, 3.63) is 89.1 Å². The standard InChI is InChI=1S/C24H20N4O2S/c29-22(27-24-25-11-13-31-24)19-14-21(26-20-9-5-4-8-18(19)20)17-10-12-28(15-17)23(30)16-6-2-1-3-7-16/h1-9,11,13-14,17H,10,12,15H2,(H,25,27,29)/t17-/m0/s1. The van der Waals surface area contributed by atoms with Gasteiger partial charge in [-0.1, -0.05) is 36.4 Å². The number of aromatic nitrogens is 2. The summed E-state index contributed by atoms with van der Waals surface area (Å²) in [6.45, 7) is 1.26. The van der Waals surface area contributed by atoms with E-state index in [4.69, 9.17) is 4.98 Å². The molecule has 31 heavy (non-hydrogen) atoms. The average molecular weight is 429 g/mol. The molecule has 154 valence electrons. The lowest BCUT2D eigenvalue weighted by Gasteiger charge is -2.17. The summed E-state index contributed by atoms with van der Waals surface area (Å²) in [5.74, 6) is -0.0840. The number of benzene rings is 2. The molecule has 0 unspecified atom stereocenters. The predicted octanol–water partition coefficient (Wildman–Crippen LogP) is 4.57. The maximum absolute atomic E-state index is 13.0. The Labute approximate surface area is 183 Å². The van der Waals surface area contributed by atoms with Gasteiger partial charge in [0.15, 0.2) is 5.13 Å². The topological polar surface area (TPSA) is 75.2 Å². The van der Waals surface area contributed by atoms with Crippen molar-refractivity contribution in [2.45, 2.75) is 12.3 Å². The third-order valence-corrected chi connectivity index (χ3v) is 6.24. The van der Waals surface area contributed by atoms with Gasteiger partial charge in [0.1, 0.15) is 0 Å². The molecule has 0 spiro atoms. The monoisotopic (exact) mass is 428 g/mol. The normalized spacial score (nSPS) is 15.9. The highest BCUT2D eigenvalue weighted by Gasteiger charge is 2.29. The van der Waals surface area contributed by atoms with Crippen LogP contribution in [0.2, 0.25) is 0 Å². The number of nitrogens with one attached hydrogen (secondary N) is 1. The molecule has 2 amide bonds. The Hall–Kier alpha value is -3.58. The van der Waals surface area contributed by atoms with Gasteiger partial charge in [-0.2, -0.15) is 0 Å². The van der Waals surface area contributed by atoms with E-state index in [1.54, 1.807) is 6.20 Å². The molecule has 0 radical (unpaired) electrons. The van der Waals surface area contributed by atoms with Crippen LogP contribution in [0, 0.1) is 0 Å². The summed E-state index contributed by atoms with van der Waals surface area (Å²) in [6, 6.07) is 18.8. The van der Waals surface area contributed by atoms with Crippen LogP contribution >= 0.6 is 11.3 Å². The van der Waals surface area contributed by atoms with Gasteiger partial charge in [-0.05, 0) is 30.7 Å². The van der Waals surface area contributed by atoms with Crippen LogP contribution in [0.15, 0.2) is 72.2 Å². The molecule has 0 saturated carbocycles. The molecule has 1 N–H and O–H groups in total. The second-order valence-electron chi connectivity index (χ2n) is 7.51. The SMILES string of the molecule is O=C(Nc1nccs1)c1cc([C@H]2CCN(C(=O)c3ccccc3)C2)nc2ccccc12. The molecule has 2 aromatic heterocycles. The number of pyridine rings is 1. The van der Waals surface area contributed by atoms with Gasteiger partial charge < -0.3 is 4.90 Å². The molecule has 3 heterocycles. The van der Waals surface area contributed by atoms with E-state index in [1.165, 1.54) is 11.3 Å². The summed E-state index contributed by atoms with van der Waals surface area (Å²) >= 11 is 1.38. The largest absolute Gasteiger partial charge is 0.338 e. The maximum atomic E-state index is 13.0. The van der Waals surface area contributed by atoms with E-state index in [2.05, 4.69) is 10.3 Å². The highest BCUT2D eigenvalue weighted by molar-refractivity contribution is 7.13. The van der Waals surface area contributed by atoms with Crippen LogP contribution in [0.5, 0.6) is 0 Å². The van der Waals surface area contributed by atoms with Gasteiger partial charge in [-0.3, -0.25) is 19.9 Å². The number of likely N-dealkylation sites (tertiary alicyclic amines) is 1. The van der Waals surface area contributed by atoms with Gasteiger partial charge in [-0.25, -0.2) is 4.98 Å². The summed E-state index contributed by atoms with van der Waals surface area (Å²) < 4.78 is 0. The van der Waals surface area contributed by atoms with Gasteiger partial charge in [0.2, 0.25) is 0 Å². The van der Waals surface area contributed by atoms with Crippen molar-refractivity contribution in [1.82, 2.24) is 14.9 Å². The first-order chi connectivity index (χ1) is 15.2. The van der Waals surface area contributed by atoms with E-state index in [-0.39, 0.29) is 17.7 Å². The van der Waals surface area contributed by atoms with Crippen LogP contribution in [-0.2, 0) is 0 Å². The zero-order valence-electron chi connectivity index (χ0n) is 16.7. The van der Waals surface area contributed by atoms with Gasteiger partial charge >= 0.3 is 0 Å². The second kappa shape index (κ2) is 8.28. The van der Waals surface area contributed by atoms with E-state index in [9.17, 15) is 9.59 Å². The first kappa shape index (κ1) is 19.4. The molecule has 0 aliphatic carbocycles. The van der Waals surface area contributed by atoms with Crippen LogP contribution in [-0.4, -0.2) is 39.8 Å². The van der Waals surface area contributed by atoms with Gasteiger partial charge in [0.05, 0.1) is 11.1 Å². The minimum absolute atomic E-state index is 0.0330. The molecular weight excluding hydrogens is 408 g/mol. The molecule has 6 nitrogen and oxygen atoms in total. The highest BCUT2D eigenvalue weighted by atomic mass is 32.1. The number of para-hydroxylation sites is 1. The number of hydrogen-bond donors (Lipinski definition) is 1. The lowest BCUT2D eigenvalue weighted by molar-refractivity contribution is 0.0790. The molecule has 7 heteroatoms.